The molecule has 2 heterocycles. The first-order valence-electron chi connectivity index (χ1n) is 7.70. The van der Waals surface area contributed by atoms with Crippen molar-refractivity contribution in [3.63, 3.8) is 0 Å². The number of alkyl halides is 1. The number of hydrogen-bond donors (Lipinski definition) is 0. The molecule has 114 valence electrons. The number of rotatable bonds is 6. The van der Waals surface area contributed by atoms with Gasteiger partial charge in [0.2, 0.25) is 0 Å². The average molecular weight is 307 g/mol. The Morgan fingerprint density at radius 3 is 2.90 bits per heavy atom. The van der Waals surface area contributed by atoms with Gasteiger partial charge < -0.3 is 4.57 Å². The van der Waals surface area contributed by atoms with E-state index in [0.717, 1.165) is 41.6 Å². The summed E-state index contributed by atoms with van der Waals surface area (Å²) in [4.78, 5) is 11.8. The lowest BCUT2D eigenvalue weighted by Gasteiger charge is -2.25. The van der Waals surface area contributed by atoms with Gasteiger partial charge in [0.05, 0.1) is 0 Å². The van der Waals surface area contributed by atoms with Crippen LogP contribution in [-0.4, -0.2) is 44.4 Å². The van der Waals surface area contributed by atoms with Gasteiger partial charge in [-0.05, 0) is 45.4 Å². The molecule has 21 heavy (non-hydrogen) atoms. The maximum Gasteiger partial charge on any atom is 0.160 e. The van der Waals surface area contributed by atoms with Crippen molar-refractivity contribution >= 4 is 22.8 Å². The first kappa shape index (κ1) is 14.8. The molecule has 1 aliphatic rings. The molecule has 1 fully saturated rings. The Hall–Kier alpha value is -1.13. The van der Waals surface area contributed by atoms with Crippen LogP contribution in [0.1, 0.15) is 31.2 Å². The molecule has 2 aromatic heterocycles. The number of nitrogens with zero attached hydrogens (tertiary/aromatic N) is 4. The molecule has 1 saturated carbocycles. The van der Waals surface area contributed by atoms with E-state index < -0.39 is 0 Å². The Bertz CT molecular complexity index is 632. The van der Waals surface area contributed by atoms with Gasteiger partial charge in [-0.3, -0.25) is 4.90 Å². The molecular formula is C16H23ClN4. The van der Waals surface area contributed by atoms with Crippen molar-refractivity contribution < 1.29 is 0 Å². The minimum Gasteiger partial charge on any atom is -0.311 e. The fourth-order valence-corrected chi connectivity index (χ4v) is 3.03. The molecule has 4 nitrogen and oxygen atoms in total. The molecule has 0 aromatic carbocycles. The van der Waals surface area contributed by atoms with Gasteiger partial charge in [-0.25, -0.2) is 9.97 Å². The molecule has 0 bridgehead atoms. The second-order valence-electron chi connectivity index (χ2n) is 6.18. The van der Waals surface area contributed by atoms with Crippen molar-refractivity contribution in [1.29, 1.82) is 0 Å². The van der Waals surface area contributed by atoms with Gasteiger partial charge in [0, 0.05) is 37.1 Å². The van der Waals surface area contributed by atoms with E-state index in [-0.39, 0.29) is 0 Å². The van der Waals surface area contributed by atoms with E-state index in [2.05, 4.69) is 41.4 Å². The summed E-state index contributed by atoms with van der Waals surface area (Å²) in [5, 5.41) is 0. The number of pyridine rings is 1. The van der Waals surface area contributed by atoms with Gasteiger partial charge >= 0.3 is 0 Å². The lowest BCUT2D eigenvalue weighted by Crippen LogP contribution is -2.35. The topological polar surface area (TPSA) is 34.0 Å². The van der Waals surface area contributed by atoms with Crippen LogP contribution in [0.5, 0.6) is 0 Å². The first-order chi connectivity index (χ1) is 10.1. The second-order valence-corrected chi connectivity index (χ2v) is 6.56. The van der Waals surface area contributed by atoms with Gasteiger partial charge in [0.15, 0.2) is 5.65 Å². The van der Waals surface area contributed by atoms with Crippen LogP contribution in [0.4, 0.5) is 0 Å². The van der Waals surface area contributed by atoms with Crippen molar-refractivity contribution in [3.05, 3.63) is 23.7 Å². The molecule has 0 spiro atoms. The SMILES string of the molecule is Cc1cnc2c(c1)nc(CCCl)n2CC(C)N(C)C1CC1. The predicted octanol–water partition coefficient (Wildman–Crippen LogP) is 3.00. The molecule has 0 N–H and O–H groups in total. The lowest BCUT2D eigenvalue weighted by molar-refractivity contribution is 0.225. The third-order valence-corrected chi connectivity index (χ3v) is 4.57. The normalized spacial score (nSPS) is 16.8. The minimum atomic E-state index is 0.479. The van der Waals surface area contributed by atoms with Crippen molar-refractivity contribution in [2.24, 2.45) is 0 Å². The van der Waals surface area contributed by atoms with Gasteiger partial charge in [-0.1, -0.05) is 0 Å². The molecule has 1 unspecified atom stereocenters. The molecule has 5 heteroatoms. The molecule has 3 rings (SSSR count). The summed E-state index contributed by atoms with van der Waals surface area (Å²) in [5.41, 5.74) is 3.11. The molecule has 0 aliphatic heterocycles. The lowest BCUT2D eigenvalue weighted by atomic mass is 10.2. The third-order valence-electron chi connectivity index (χ3n) is 4.38. The Balaban J connectivity index is 1.92. The van der Waals surface area contributed by atoms with Crippen molar-refractivity contribution in [1.82, 2.24) is 19.4 Å². The summed E-state index contributed by atoms with van der Waals surface area (Å²) >= 11 is 5.94. The largest absolute Gasteiger partial charge is 0.311 e. The van der Waals surface area contributed by atoms with Gasteiger partial charge in [-0.2, -0.15) is 0 Å². The molecule has 0 amide bonds. The number of fused-ring (bicyclic) bond motifs is 1. The highest BCUT2D eigenvalue weighted by molar-refractivity contribution is 6.17. The van der Waals surface area contributed by atoms with E-state index in [4.69, 9.17) is 16.6 Å². The zero-order chi connectivity index (χ0) is 15.0. The Morgan fingerprint density at radius 1 is 1.48 bits per heavy atom. The summed E-state index contributed by atoms with van der Waals surface area (Å²) in [6.45, 7) is 5.25. The van der Waals surface area contributed by atoms with Crippen LogP contribution < -0.4 is 0 Å². The Labute approximate surface area is 131 Å². The smallest absolute Gasteiger partial charge is 0.160 e. The summed E-state index contributed by atoms with van der Waals surface area (Å²) in [6.07, 6.45) is 5.37. The summed E-state index contributed by atoms with van der Waals surface area (Å²) in [5.74, 6) is 1.64. The van der Waals surface area contributed by atoms with E-state index in [9.17, 15) is 0 Å². The van der Waals surface area contributed by atoms with Gasteiger partial charge in [0.25, 0.3) is 0 Å². The van der Waals surface area contributed by atoms with Crippen molar-refractivity contribution in [2.45, 2.75) is 51.7 Å². The Kier molecular flexibility index (Phi) is 4.18. The molecule has 2 aromatic rings. The fraction of sp³-hybridized carbons (Fsp3) is 0.625. The van der Waals surface area contributed by atoms with E-state index in [1.54, 1.807) is 0 Å². The molecule has 0 radical (unpaired) electrons. The van der Waals surface area contributed by atoms with Crippen LogP contribution in [0.25, 0.3) is 11.2 Å². The number of aryl methyl sites for hydroxylation is 2. The van der Waals surface area contributed by atoms with E-state index in [1.807, 2.05) is 6.20 Å². The number of halogens is 1. The summed E-state index contributed by atoms with van der Waals surface area (Å²) in [7, 11) is 2.22. The van der Waals surface area contributed by atoms with Crippen LogP contribution in [0.2, 0.25) is 0 Å². The van der Waals surface area contributed by atoms with Crippen LogP contribution in [-0.2, 0) is 13.0 Å². The maximum absolute atomic E-state index is 5.94. The average Bonchev–Trinajstić information content (AvgIpc) is 3.24. The number of aromatic nitrogens is 3. The van der Waals surface area contributed by atoms with Crippen LogP contribution in [0, 0.1) is 6.92 Å². The summed E-state index contributed by atoms with van der Waals surface area (Å²) < 4.78 is 2.25. The quantitative estimate of drug-likeness (QED) is 0.769. The highest BCUT2D eigenvalue weighted by Gasteiger charge is 2.29. The van der Waals surface area contributed by atoms with Gasteiger partial charge in [0.1, 0.15) is 11.3 Å². The first-order valence-corrected chi connectivity index (χ1v) is 8.23. The molecule has 1 atom stereocenters. The molecule has 1 aliphatic carbocycles. The van der Waals surface area contributed by atoms with Crippen molar-refractivity contribution in [2.75, 3.05) is 12.9 Å². The number of hydrogen-bond acceptors (Lipinski definition) is 3. The van der Waals surface area contributed by atoms with Crippen LogP contribution in [0.3, 0.4) is 0 Å². The molecule has 0 saturated heterocycles. The highest BCUT2D eigenvalue weighted by atomic mass is 35.5. The third kappa shape index (κ3) is 3.06. The number of imidazole rings is 1. The Morgan fingerprint density at radius 2 is 2.24 bits per heavy atom. The predicted molar refractivity (Wildman–Crippen MR) is 86.9 cm³/mol. The van der Waals surface area contributed by atoms with Crippen LogP contribution >= 0.6 is 11.6 Å². The summed E-state index contributed by atoms with van der Waals surface area (Å²) in [6, 6.07) is 3.35. The van der Waals surface area contributed by atoms with Crippen molar-refractivity contribution in [3.8, 4) is 0 Å². The number of likely N-dealkylation sites (N-methyl/N-ethyl adjacent to an activating group) is 1. The monoisotopic (exact) mass is 306 g/mol. The van der Waals surface area contributed by atoms with Crippen LogP contribution in [0.15, 0.2) is 12.3 Å². The van der Waals surface area contributed by atoms with Gasteiger partial charge in [-0.15, -0.1) is 11.6 Å². The minimum absolute atomic E-state index is 0.479. The molecular weight excluding hydrogens is 284 g/mol. The van der Waals surface area contributed by atoms with E-state index in [1.165, 1.54) is 12.8 Å². The fourth-order valence-electron chi connectivity index (χ4n) is 2.86. The van der Waals surface area contributed by atoms with E-state index >= 15 is 0 Å². The standard InChI is InChI=1S/C16H23ClN4/c1-11-8-14-16(18-9-11)21(15(19-14)6-7-17)10-12(2)20(3)13-4-5-13/h8-9,12-13H,4-7,10H2,1-3H3. The second kappa shape index (κ2) is 5.93. The highest BCUT2D eigenvalue weighted by Crippen LogP contribution is 2.28. The zero-order valence-corrected chi connectivity index (χ0v) is 13.8. The maximum atomic E-state index is 5.94. The zero-order valence-electron chi connectivity index (χ0n) is 13.0. The van der Waals surface area contributed by atoms with E-state index in [0.29, 0.717) is 11.9 Å².